The van der Waals surface area contributed by atoms with Crippen LogP contribution < -0.4 is 5.43 Å². The fraction of sp³-hybridized carbons (Fsp3) is 0.353. The number of allylic oxidation sites excluding steroid dienone is 5. The summed E-state index contributed by atoms with van der Waals surface area (Å²) in [7, 11) is 1.68. The van der Waals surface area contributed by atoms with Crippen LogP contribution in [0.1, 0.15) is 32.6 Å². The van der Waals surface area contributed by atoms with Gasteiger partial charge in [-0.25, -0.2) is 10.4 Å². The molecule has 1 aliphatic carbocycles. The molecule has 0 radical (unpaired) electrons. The fourth-order valence-corrected chi connectivity index (χ4v) is 2.54. The van der Waals surface area contributed by atoms with Crippen molar-refractivity contribution in [1.82, 2.24) is 10.4 Å². The van der Waals surface area contributed by atoms with Gasteiger partial charge in [0, 0.05) is 24.4 Å². The molecule has 116 valence electrons. The zero-order valence-corrected chi connectivity index (χ0v) is 13.0. The highest BCUT2D eigenvalue weighted by Gasteiger charge is 2.34. The Morgan fingerprint density at radius 2 is 2.23 bits per heavy atom. The number of carbonyl (C=O) groups excluding carboxylic acids is 2. The molecule has 0 atom stereocenters. The molecule has 0 spiro atoms. The van der Waals surface area contributed by atoms with E-state index in [-0.39, 0.29) is 11.6 Å². The maximum absolute atomic E-state index is 12.4. The second kappa shape index (κ2) is 6.66. The van der Waals surface area contributed by atoms with Crippen LogP contribution in [0.3, 0.4) is 0 Å². The van der Waals surface area contributed by atoms with E-state index in [1.165, 1.54) is 11.1 Å². The topological polar surface area (TPSA) is 73.3 Å². The van der Waals surface area contributed by atoms with Gasteiger partial charge in [-0.15, -0.1) is 6.58 Å². The van der Waals surface area contributed by atoms with Crippen molar-refractivity contribution in [1.29, 1.82) is 5.41 Å². The molecule has 2 N–H and O–H groups in total. The predicted octanol–water partition coefficient (Wildman–Crippen LogP) is 2.44. The summed E-state index contributed by atoms with van der Waals surface area (Å²) in [6, 6.07) is 0. The average molecular weight is 299 g/mol. The van der Waals surface area contributed by atoms with E-state index in [1.54, 1.807) is 7.05 Å². The molecule has 1 amide bonds. The standard InChI is InChI=1S/C17H21N3O2/c1-11(2)8-9-14(18)16(21)10-13-12-6-4-5-7-15(12)20(19-3)17(13)22/h4,6,10,18-19H,1,5,7-9H2,2-3H3/b13-10-,18-14?. The van der Waals surface area contributed by atoms with Crippen LogP contribution in [0, 0.1) is 5.41 Å². The SMILES string of the molecule is C=C(C)CCC(=N)C(=O)/C=C1\C(=O)N(NC)C2=C1C=CCC2. The lowest BCUT2D eigenvalue weighted by Crippen LogP contribution is -2.36. The minimum Gasteiger partial charge on any atom is -0.301 e. The Labute approximate surface area is 130 Å². The van der Waals surface area contributed by atoms with Crippen molar-refractivity contribution in [3.8, 4) is 0 Å². The van der Waals surface area contributed by atoms with Crippen molar-refractivity contribution < 1.29 is 9.59 Å². The van der Waals surface area contributed by atoms with E-state index >= 15 is 0 Å². The van der Waals surface area contributed by atoms with Crippen LogP contribution in [0.4, 0.5) is 0 Å². The Kier molecular flexibility index (Phi) is 4.88. The molecule has 0 bridgehead atoms. The molecule has 0 unspecified atom stereocenters. The van der Waals surface area contributed by atoms with E-state index in [9.17, 15) is 9.59 Å². The Bertz CT molecular complexity index is 638. The van der Waals surface area contributed by atoms with Gasteiger partial charge in [0.1, 0.15) is 0 Å². The van der Waals surface area contributed by atoms with E-state index < -0.39 is 5.78 Å². The van der Waals surface area contributed by atoms with Gasteiger partial charge in [0.2, 0.25) is 0 Å². The molecule has 0 saturated carbocycles. The molecule has 2 rings (SSSR count). The maximum atomic E-state index is 12.4. The van der Waals surface area contributed by atoms with Crippen molar-refractivity contribution in [3.05, 3.63) is 47.2 Å². The molecule has 5 nitrogen and oxygen atoms in total. The highest BCUT2D eigenvalue weighted by Crippen LogP contribution is 2.34. The average Bonchev–Trinajstić information content (AvgIpc) is 2.76. The van der Waals surface area contributed by atoms with Crippen LogP contribution in [-0.4, -0.2) is 29.5 Å². The van der Waals surface area contributed by atoms with Crippen molar-refractivity contribution in [2.45, 2.75) is 32.6 Å². The van der Waals surface area contributed by atoms with Gasteiger partial charge < -0.3 is 5.41 Å². The number of nitrogens with zero attached hydrogens (tertiary/aromatic N) is 1. The molecule has 0 fully saturated rings. The first-order chi connectivity index (χ1) is 10.5. The maximum Gasteiger partial charge on any atom is 0.273 e. The number of nitrogens with one attached hydrogen (secondary N) is 2. The van der Waals surface area contributed by atoms with Gasteiger partial charge in [0.05, 0.1) is 11.3 Å². The minimum absolute atomic E-state index is 0.00754. The van der Waals surface area contributed by atoms with Crippen molar-refractivity contribution in [2.24, 2.45) is 0 Å². The van der Waals surface area contributed by atoms with Crippen LogP contribution in [0.2, 0.25) is 0 Å². The number of carbonyl (C=O) groups is 2. The molecule has 2 aliphatic rings. The van der Waals surface area contributed by atoms with Gasteiger partial charge >= 0.3 is 0 Å². The Hall–Kier alpha value is -2.27. The highest BCUT2D eigenvalue weighted by molar-refractivity contribution is 6.43. The first kappa shape index (κ1) is 16.1. The third kappa shape index (κ3) is 3.14. The van der Waals surface area contributed by atoms with Gasteiger partial charge in [-0.2, -0.15) is 0 Å². The summed E-state index contributed by atoms with van der Waals surface area (Å²) >= 11 is 0. The summed E-state index contributed by atoms with van der Waals surface area (Å²) in [5.74, 6) is -0.645. The Morgan fingerprint density at radius 1 is 1.50 bits per heavy atom. The molecule has 1 heterocycles. The summed E-state index contributed by atoms with van der Waals surface area (Å²) in [4.78, 5) is 24.6. The zero-order valence-electron chi connectivity index (χ0n) is 13.0. The number of hydrazine groups is 1. The van der Waals surface area contributed by atoms with Crippen LogP contribution in [0.5, 0.6) is 0 Å². The smallest absolute Gasteiger partial charge is 0.273 e. The third-order valence-electron chi connectivity index (χ3n) is 3.74. The van der Waals surface area contributed by atoms with Crippen LogP contribution in [0.25, 0.3) is 0 Å². The van der Waals surface area contributed by atoms with Crippen LogP contribution in [-0.2, 0) is 9.59 Å². The monoisotopic (exact) mass is 299 g/mol. The van der Waals surface area contributed by atoms with Gasteiger partial charge in [-0.1, -0.05) is 17.7 Å². The van der Waals surface area contributed by atoms with Crippen molar-refractivity contribution in [3.63, 3.8) is 0 Å². The van der Waals surface area contributed by atoms with Crippen LogP contribution in [0.15, 0.2) is 47.2 Å². The summed E-state index contributed by atoms with van der Waals surface area (Å²) in [6.45, 7) is 5.63. The van der Waals surface area contributed by atoms with E-state index in [1.807, 2.05) is 19.1 Å². The van der Waals surface area contributed by atoms with E-state index in [0.717, 1.165) is 29.7 Å². The first-order valence-corrected chi connectivity index (χ1v) is 7.35. The van der Waals surface area contributed by atoms with Gasteiger partial charge in [0.15, 0.2) is 5.78 Å². The molecule has 5 heteroatoms. The number of rotatable bonds is 6. The quantitative estimate of drug-likeness (QED) is 0.449. The largest absolute Gasteiger partial charge is 0.301 e. The number of amides is 1. The number of hydrogen-bond acceptors (Lipinski definition) is 4. The van der Waals surface area contributed by atoms with Crippen molar-refractivity contribution in [2.75, 3.05) is 7.05 Å². The second-order valence-electron chi connectivity index (χ2n) is 5.52. The molecule has 1 aliphatic heterocycles. The molecular weight excluding hydrogens is 278 g/mol. The molecular formula is C17H21N3O2. The molecule has 0 aromatic heterocycles. The van der Waals surface area contributed by atoms with Gasteiger partial charge in [0.25, 0.3) is 5.91 Å². The van der Waals surface area contributed by atoms with Crippen molar-refractivity contribution >= 4 is 17.4 Å². The summed E-state index contributed by atoms with van der Waals surface area (Å²) in [5.41, 5.74) is 5.84. The minimum atomic E-state index is -0.409. The lowest BCUT2D eigenvalue weighted by atomic mass is 9.97. The second-order valence-corrected chi connectivity index (χ2v) is 5.52. The predicted molar refractivity (Wildman–Crippen MR) is 86.2 cm³/mol. The molecule has 0 saturated heterocycles. The first-order valence-electron chi connectivity index (χ1n) is 7.35. The fourth-order valence-electron chi connectivity index (χ4n) is 2.54. The number of ketones is 1. The Balaban J connectivity index is 2.23. The molecule has 22 heavy (non-hydrogen) atoms. The van der Waals surface area contributed by atoms with Crippen LogP contribution >= 0.6 is 0 Å². The summed E-state index contributed by atoms with van der Waals surface area (Å²) in [6.07, 6.45) is 7.77. The summed E-state index contributed by atoms with van der Waals surface area (Å²) in [5, 5.41) is 9.32. The lowest BCUT2D eigenvalue weighted by Gasteiger charge is -2.19. The van der Waals surface area contributed by atoms with E-state index in [0.29, 0.717) is 18.4 Å². The van der Waals surface area contributed by atoms with Gasteiger partial charge in [-0.3, -0.25) is 9.59 Å². The third-order valence-corrected chi connectivity index (χ3v) is 3.74. The van der Waals surface area contributed by atoms with E-state index in [2.05, 4.69) is 12.0 Å². The highest BCUT2D eigenvalue weighted by atomic mass is 16.2. The van der Waals surface area contributed by atoms with E-state index in [4.69, 9.17) is 5.41 Å². The normalized spacial score (nSPS) is 18.9. The zero-order chi connectivity index (χ0) is 16.3. The lowest BCUT2D eigenvalue weighted by molar-refractivity contribution is -0.126. The Morgan fingerprint density at radius 3 is 2.86 bits per heavy atom. The molecule has 0 aromatic carbocycles. The molecule has 0 aromatic rings. The summed E-state index contributed by atoms with van der Waals surface area (Å²) < 4.78 is 0. The number of hydrogen-bond donors (Lipinski definition) is 2. The van der Waals surface area contributed by atoms with Gasteiger partial charge in [-0.05, 0) is 32.6 Å².